The number of anilines is 1. The molecule has 0 aromatic heterocycles. The summed E-state index contributed by atoms with van der Waals surface area (Å²) in [5.74, 6) is -0.536. The van der Waals surface area contributed by atoms with E-state index >= 15 is 0 Å². The highest BCUT2D eigenvalue weighted by molar-refractivity contribution is 7.89. The van der Waals surface area contributed by atoms with E-state index in [1.807, 2.05) is 0 Å². The van der Waals surface area contributed by atoms with Gasteiger partial charge in [0.15, 0.2) is 6.61 Å². The van der Waals surface area contributed by atoms with Crippen molar-refractivity contribution in [2.75, 3.05) is 52.4 Å². The maximum Gasteiger partial charge on any atom is 0.338 e. The molecule has 0 unspecified atom stereocenters. The highest BCUT2D eigenvalue weighted by atomic mass is 35.5. The third-order valence-corrected chi connectivity index (χ3v) is 7.10. The number of morpholine rings is 1. The third-order valence-electron chi connectivity index (χ3n) is 4.72. The van der Waals surface area contributed by atoms with Crippen molar-refractivity contribution in [3.8, 4) is 11.5 Å². The third kappa shape index (κ3) is 6.14. The first-order valence-electron chi connectivity index (χ1n) is 9.82. The smallest absolute Gasteiger partial charge is 0.338 e. The van der Waals surface area contributed by atoms with Crippen LogP contribution in [0.3, 0.4) is 0 Å². The molecule has 0 atom stereocenters. The first-order chi connectivity index (χ1) is 15.7. The van der Waals surface area contributed by atoms with Crippen LogP contribution in [0.25, 0.3) is 0 Å². The van der Waals surface area contributed by atoms with E-state index in [0.29, 0.717) is 17.2 Å². The van der Waals surface area contributed by atoms with Gasteiger partial charge in [0.1, 0.15) is 16.4 Å². The molecule has 1 aliphatic heterocycles. The van der Waals surface area contributed by atoms with Crippen molar-refractivity contribution < 1.29 is 37.0 Å². The molecule has 178 valence electrons. The monoisotopic (exact) mass is 498 g/mol. The summed E-state index contributed by atoms with van der Waals surface area (Å²) < 4.78 is 47.6. The van der Waals surface area contributed by atoms with E-state index in [2.05, 4.69) is 5.32 Å². The number of carbonyl (C=O) groups excluding carboxylic acids is 2. The van der Waals surface area contributed by atoms with Crippen LogP contribution in [0.15, 0.2) is 41.3 Å². The Balaban J connectivity index is 1.67. The van der Waals surface area contributed by atoms with Crippen molar-refractivity contribution in [2.45, 2.75) is 4.90 Å². The molecule has 1 N–H and O–H groups in total. The second kappa shape index (κ2) is 10.8. The van der Waals surface area contributed by atoms with Gasteiger partial charge >= 0.3 is 5.97 Å². The predicted molar refractivity (Wildman–Crippen MR) is 119 cm³/mol. The average molecular weight is 499 g/mol. The van der Waals surface area contributed by atoms with Gasteiger partial charge in [0.2, 0.25) is 10.0 Å². The number of halogens is 1. The number of hydrogen-bond acceptors (Lipinski definition) is 8. The van der Waals surface area contributed by atoms with Crippen molar-refractivity contribution in [2.24, 2.45) is 0 Å². The zero-order valence-electron chi connectivity index (χ0n) is 18.0. The zero-order valence-corrected chi connectivity index (χ0v) is 19.6. The van der Waals surface area contributed by atoms with Crippen molar-refractivity contribution in [1.82, 2.24) is 4.31 Å². The van der Waals surface area contributed by atoms with Gasteiger partial charge in [0.25, 0.3) is 5.91 Å². The molecule has 0 aliphatic carbocycles. The standard InChI is InChI=1S/C21H23ClN2O8S/c1-29-16-10-15(11-17(12-16)30-2)23-20(25)13-32-21(26)14-3-4-18(22)19(9-14)33(27,28)24-5-7-31-8-6-24/h3-4,9-12H,5-8,13H2,1-2H3,(H,23,25). The molecule has 1 fully saturated rings. The van der Waals surface area contributed by atoms with Gasteiger partial charge in [-0.25, -0.2) is 13.2 Å². The highest BCUT2D eigenvalue weighted by Gasteiger charge is 2.29. The fourth-order valence-corrected chi connectivity index (χ4v) is 4.95. The van der Waals surface area contributed by atoms with Gasteiger partial charge < -0.3 is 24.3 Å². The van der Waals surface area contributed by atoms with Crippen LogP contribution in [-0.2, 0) is 24.3 Å². The number of ether oxygens (including phenoxy) is 4. The molecule has 1 saturated heterocycles. The minimum absolute atomic E-state index is 0.0252. The second-order valence-electron chi connectivity index (χ2n) is 6.89. The van der Waals surface area contributed by atoms with Crippen LogP contribution >= 0.6 is 11.6 Å². The number of rotatable bonds is 8. The number of nitrogens with zero attached hydrogens (tertiary/aromatic N) is 1. The molecule has 10 nitrogen and oxygen atoms in total. The van der Waals surface area contributed by atoms with Crippen LogP contribution in [0.1, 0.15) is 10.4 Å². The van der Waals surface area contributed by atoms with Crippen LogP contribution in [-0.4, -0.2) is 71.7 Å². The molecule has 12 heteroatoms. The summed E-state index contributed by atoms with van der Waals surface area (Å²) in [6, 6.07) is 8.55. The molecule has 0 radical (unpaired) electrons. The number of methoxy groups -OCH3 is 2. The predicted octanol–water partition coefficient (Wildman–Crippen LogP) is 2.17. The van der Waals surface area contributed by atoms with Gasteiger partial charge in [-0.15, -0.1) is 0 Å². The molecule has 33 heavy (non-hydrogen) atoms. The fourth-order valence-electron chi connectivity index (χ4n) is 3.05. The Morgan fingerprint density at radius 3 is 2.30 bits per heavy atom. The summed E-state index contributed by atoms with van der Waals surface area (Å²) in [5.41, 5.74) is 0.333. The first-order valence-corrected chi connectivity index (χ1v) is 11.6. The summed E-state index contributed by atoms with van der Waals surface area (Å²) in [6.07, 6.45) is 0. The van der Waals surface area contributed by atoms with Gasteiger partial charge in [-0.1, -0.05) is 11.6 Å². The Morgan fingerprint density at radius 2 is 1.70 bits per heavy atom. The largest absolute Gasteiger partial charge is 0.497 e. The molecule has 1 aliphatic rings. The molecule has 0 saturated carbocycles. The number of esters is 1. The van der Waals surface area contributed by atoms with Gasteiger partial charge in [-0.3, -0.25) is 4.79 Å². The van der Waals surface area contributed by atoms with E-state index in [-0.39, 0.29) is 41.8 Å². The molecule has 0 bridgehead atoms. The Morgan fingerprint density at radius 1 is 1.06 bits per heavy atom. The van der Waals surface area contributed by atoms with E-state index in [1.165, 1.54) is 30.7 Å². The molecular weight excluding hydrogens is 476 g/mol. The zero-order chi connectivity index (χ0) is 24.0. The molecule has 2 aromatic carbocycles. The second-order valence-corrected chi connectivity index (χ2v) is 9.20. The Hall–Kier alpha value is -2.86. The quantitative estimate of drug-likeness (QED) is 0.550. The van der Waals surface area contributed by atoms with E-state index in [1.54, 1.807) is 18.2 Å². The number of carbonyl (C=O) groups is 2. The van der Waals surface area contributed by atoms with Gasteiger partial charge in [0.05, 0.1) is 38.0 Å². The Labute approximate surface area is 196 Å². The first kappa shape index (κ1) is 24.8. The van der Waals surface area contributed by atoms with Crippen LogP contribution in [0.2, 0.25) is 5.02 Å². The number of nitrogens with one attached hydrogen (secondary N) is 1. The van der Waals surface area contributed by atoms with E-state index < -0.39 is 28.5 Å². The lowest BCUT2D eigenvalue weighted by molar-refractivity contribution is -0.119. The van der Waals surface area contributed by atoms with E-state index in [0.717, 1.165) is 6.07 Å². The normalized spacial score (nSPS) is 14.4. The minimum atomic E-state index is -3.92. The Kier molecular flexibility index (Phi) is 8.14. The maximum atomic E-state index is 12.9. The van der Waals surface area contributed by atoms with Gasteiger partial charge in [-0.05, 0) is 18.2 Å². The molecule has 3 rings (SSSR count). The van der Waals surface area contributed by atoms with Crippen LogP contribution in [0.4, 0.5) is 5.69 Å². The summed E-state index contributed by atoms with van der Waals surface area (Å²) in [4.78, 5) is 24.5. The van der Waals surface area contributed by atoms with Gasteiger partial charge in [-0.2, -0.15) is 4.31 Å². The van der Waals surface area contributed by atoms with Crippen molar-refractivity contribution in [3.05, 3.63) is 47.0 Å². The van der Waals surface area contributed by atoms with E-state index in [4.69, 9.17) is 30.5 Å². The summed E-state index contributed by atoms with van der Waals surface area (Å²) in [5, 5.41) is 2.55. The SMILES string of the molecule is COc1cc(NC(=O)COC(=O)c2ccc(Cl)c(S(=O)(=O)N3CCOCC3)c2)cc(OC)c1. The molecular formula is C21H23ClN2O8S. The van der Waals surface area contributed by atoms with E-state index in [9.17, 15) is 18.0 Å². The Bertz CT molecular complexity index is 1110. The van der Waals surface area contributed by atoms with Gasteiger partial charge in [0, 0.05) is 37.0 Å². The van der Waals surface area contributed by atoms with Crippen LogP contribution in [0, 0.1) is 0 Å². The number of sulfonamides is 1. The molecule has 2 aromatic rings. The summed E-state index contributed by atoms with van der Waals surface area (Å²) in [6.45, 7) is 0.317. The molecule has 1 heterocycles. The van der Waals surface area contributed by atoms with Crippen LogP contribution < -0.4 is 14.8 Å². The summed E-state index contributed by atoms with van der Waals surface area (Å²) in [7, 11) is -0.975. The highest BCUT2D eigenvalue weighted by Crippen LogP contribution is 2.27. The number of amides is 1. The number of benzene rings is 2. The topological polar surface area (TPSA) is 120 Å². The van der Waals surface area contributed by atoms with Crippen molar-refractivity contribution >= 4 is 39.2 Å². The van der Waals surface area contributed by atoms with Crippen molar-refractivity contribution in [1.29, 1.82) is 0 Å². The maximum absolute atomic E-state index is 12.9. The lowest BCUT2D eigenvalue weighted by atomic mass is 10.2. The molecule has 1 amide bonds. The number of hydrogen-bond donors (Lipinski definition) is 1. The lowest BCUT2D eigenvalue weighted by Crippen LogP contribution is -2.40. The average Bonchev–Trinajstić information content (AvgIpc) is 2.82. The minimum Gasteiger partial charge on any atom is -0.497 e. The molecule has 0 spiro atoms. The fraction of sp³-hybridized carbons (Fsp3) is 0.333. The van der Waals surface area contributed by atoms with Crippen molar-refractivity contribution in [3.63, 3.8) is 0 Å². The lowest BCUT2D eigenvalue weighted by Gasteiger charge is -2.26. The van der Waals surface area contributed by atoms with Crippen LogP contribution in [0.5, 0.6) is 11.5 Å². The summed E-state index contributed by atoms with van der Waals surface area (Å²) >= 11 is 6.10.